The molecule has 9 nitrogen and oxygen atoms in total. The van der Waals surface area contributed by atoms with Gasteiger partial charge in [0.15, 0.2) is 5.82 Å². The first-order chi connectivity index (χ1) is 19.1. The third-order valence-electron chi connectivity index (χ3n) is 6.71. The van der Waals surface area contributed by atoms with Crippen LogP contribution in [0, 0.1) is 5.82 Å². The number of anilines is 2. The van der Waals surface area contributed by atoms with Crippen molar-refractivity contribution >= 4 is 29.1 Å². The molecule has 0 radical (unpaired) electrons. The summed E-state index contributed by atoms with van der Waals surface area (Å²) in [6.07, 6.45) is 0.576. The second-order valence-corrected chi connectivity index (χ2v) is 9.25. The third kappa shape index (κ3) is 5.09. The van der Waals surface area contributed by atoms with Gasteiger partial charge in [0.1, 0.15) is 11.6 Å². The average Bonchev–Trinajstić information content (AvgIpc) is 3.33. The molecule has 0 saturated carbocycles. The maximum atomic E-state index is 15.5. The normalized spacial score (nSPS) is 15.7. The Hall–Kier alpha value is -4.81. The van der Waals surface area contributed by atoms with E-state index < -0.39 is 23.5 Å². The fourth-order valence-corrected chi connectivity index (χ4v) is 4.80. The standard InChI is InChI=1S/C27H23F4N7O2/c1-2-22(39)37-11-3-4-16(14-37)23-20-8-10-34-26(32)38(20)24(36-23)18-6-5-15(12-19(18)28)25(40)35-21-13-17(7-9-33-21)27(29,30)31/h2,5-10,12-13,16H,1,3-4,11,14H2,(H2,32,34)(H,33,35,40). The van der Waals surface area contributed by atoms with Crippen LogP contribution in [-0.4, -0.2) is 49.2 Å². The summed E-state index contributed by atoms with van der Waals surface area (Å²) in [4.78, 5) is 39.1. The molecule has 2 amide bonds. The molecule has 3 N–H and O–H groups in total. The molecule has 13 heteroatoms. The smallest absolute Gasteiger partial charge is 0.369 e. The predicted molar refractivity (Wildman–Crippen MR) is 139 cm³/mol. The maximum absolute atomic E-state index is 15.5. The molecule has 1 fully saturated rings. The lowest BCUT2D eigenvalue weighted by Gasteiger charge is -2.31. The quantitative estimate of drug-likeness (QED) is 0.274. The number of amides is 2. The van der Waals surface area contributed by atoms with Gasteiger partial charge in [-0.1, -0.05) is 6.58 Å². The molecule has 1 aliphatic rings. The van der Waals surface area contributed by atoms with E-state index in [1.54, 1.807) is 11.0 Å². The number of hydrogen-bond donors (Lipinski definition) is 2. The van der Waals surface area contributed by atoms with Crippen molar-refractivity contribution in [3.8, 4) is 11.4 Å². The zero-order chi connectivity index (χ0) is 28.6. The van der Waals surface area contributed by atoms with E-state index >= 15 is 4.39 Å². The summed E-state index contributed by atoms with van der Waals surface area (Å²) in [7, 11) is 0. The Morgan fingerprint density at radius 3 is 2.62 bits per heavy atom. The average molecular weight is 554 g/mol. The summed E-state index contributed by atoms with van der Waals surface area (Å²) in [5.74, 6) is -2.08. The van der Waals surface area contributed by atoms with Gasteiger partial charge in [-0.15, -0.1) is 0 Å². The summed E-state index contributed by atoms with van der Waals surface area (Å²) < 4.78 is 55.9. The number of halogens is 4. The number of pyridine rings is 1. The molecule has 5 rings (SSSR count). The molecule has 4 aromatic rings. The van der Waals surface area contributed by atoms with E-state index in [-0.39, 0.29) is 40.5 Å². The first-order valence-corrected chi connectivity index (χ1v) is 12.3. The van der Waals surface area contributed by atoms with E-state index in [4.69, 9.17) is 10.7 Å². The second kappa shape index (κ2) is 10.4. The molecule has 1 unspecified atom stereocenters. The SMILES string of the molecule is C=CC(=O)N1CCCC(c2nc(-c3ccc(C(=O)Nc4cc(C(F)(F)F)ccn4)cc3F)n3c(N)nccc23)C1. The maximum Gasteiger partial charge on any atom is 0.416 e. The van der Waals surface area contributed by atoms with Crippen molar-refractivity contribution in [2.24, 2.45) is 0 Å². The molecular formula is C27H23F4N7O2. The van der Waals surface area contributed by atoms with Gasteiger partial charge in [-0.05, 0) is 55.3 Å². The Morgan fingerprint density at radius 1 is 1.12 bits per heavy atom. The minimum Gasteiger partial charge on any atom is -0.369 e. The molecule has 1 saturated heterocycles. The number of carbonyl (C=O) groups is 2. The van der Waals surface area contributed by atoms with E-state index in [0.717, 1.165) is 31.2 Å². The summed E-state index contributed by atoms with van der Waals surface area (Å²) in [6, 6.07) is 6.78. The minimum atomic E-state index is -4.62. The number of piperidine rings is 1. The highest BCUT2D eigenvalue weighted by Crippen LogP contribution is 2.35. The second-order valence-electron chi connectivity index (χ2n) is 9.25. The number of benzene rings is 1. The summed E-state index contributed by atoms with van der Waals surface area (Å²) in [5, 5.41) is 2.25. The highest BCUT2D eigenvalue weighted by molar-refractivity contribution is 6.04. The van der Waals surface area contributed by atoms with Crippen molar-refractivity contribution in [3.05, 3.63) is 84.1 Å². The van der Waals surface area contributed by atoms with Crippen LogP contribution >= 0.6 is 0 Å². The lowest BCUT2D eigenvalue weighted by molar-refractivity contribution is -0.137. The van der Waals surface area contributed by atoms with E-state index in [0.29, 0.717) is 30.4 Å². The highest BCUT2D eigenvalue weighted by Gasteiger charge is 2.31. The molecule has 3 aromatic heterocycles. The van der Waals surface area contributed by atoms with Gasteiger partial charge in [0.25, 0.3) is 5.91 Å². The number of nitrogens with one attached hydrogen (secondary N) is 1. The largest absolute Gasteiger partial charge is 0.416 e. The number of imidazole rings is 1. The van der Waals surface area contributed by atoms with Gasteiger partial charge < -0.3 is 16.0 Å². The number of aromatic nitrogens is 4. The minimum absolute atomic E-state index is 0.0320. The lowest BCUT2D eigenvalue weighted by Crippen LogP contribution is -2.38. The zero-order valence-corrected chi connectivity index (χ0v) is 21.0. The molecule has 1 atom stereocenters. The molecule has 0 aliphatic carbocycles. The van der Waals surface area contributed by atoms with Crippen LogP contribution in [0.4, 0.5) is 29.3 Å². The fraction of sp³-hybridized carbons (Fsp3) is 0.222. The Balaban J connectivity index is 1.47. The number of nitrogens with two attached hydrogens (primary N) is 1. The van der Waals surface area contributed by atoms with Crippen LogP contribution in [0.5, 0.6) is 0 Å². The Morgan fingerprint density at radius 2 is 1.90 bits per heavy atom. The molecule has 206 valence electrons. The highest BCUT2D eigenvalue weighted by atomic mass is 19.4. The van der Waals surface area contributed by atoms with Crippen molar-refractivity contribution in [2.75, 3.05) is 24.1 Å². The van der Waals surface area contributed by atoms with Gasteiger partial charge in [-0.2, -0.15) is 13.2 Å². The van der Waals surface area contributed by atoms with Crippen molar-refractivity contribution < 1.29 is 27.2 Å². The third-order valence-corrected chi connectivity index (χ3v) is 6.71. The number of hydrogen-bond acceptors (Lipinski definition) is 6. The van der Waals surface area contributed by atoms with Crippen LogP contribution < -0.4 is 11.1 Å². The van der Waals surface area contributed by atoms with E-state index in [2.05, 4.69) is 21.9 Å². The van der Waals surface area contributed by atoms with E-state index in [9.17, 15) is 22.8 Å². The first kappa shape index (κ1) is 26.8. The number of nitrogen functional groups attached to an aromatic ring is 1. The zero-order valence-electron chi connectivity index (χ0n) is 21.0. The molecule has 4 heterocycles. The molecule has 0 bridgehead atoms. The molecule has 0 spiro atoms. The number of fused-ring (bicyclic) bond motifs is 1. The van der Waals surface area contributed by atoms with Crippen molar-refractivity contribution in [2.45, 2.75) is 24.9 Å². The number of carbonyl (C=O) groups excluding carboxylic acids is 2. The van der Waals surface area contributed by atoms with E-state index in [1.165, 1.54) is 28.8 Å². The fourth-order valence-electron chi connectivity index (χ4n) is 4.80. The van der Waals surface area contributed by atoms with Crippen molar-refractivity contribution in [1.82, 2.24) is 24.3 Å². The molecule has 1 aromatic carbocycles. The number of alkyl halides is 3. The molecule has 1 aliphatic heterocycles. The van der Waals surface area contributed by atoms with Gasteiger partial charge in [-0.25, -0.2) is 19.3 Å². The van der Waals surface area contributed by atoms with Gasteiger partial charge in [0.2, 0.25) is 11.9 Å². The monoisotopic (exact) mass is 553 g/mol. The van der Waals surface area contributed by atoms with Crippen LogP contribution in [0.1, 0.15) is 40.4 Å². The van der Waals surface area contributed by atoms with Crippen LogP contribution in [0.25, 0.3) is 16.9 Å². The Bertz CT molecular complexity index is 1630. The Kier molecular flexibility index (Phi) is 6.96. The number of rotatable bonds is 5. The van der Waals surface area contributed by atoms with Crippen LogP contribution in [-0.2, 0) is 11.0 Å². The lowest BCUT2D eigenvalue weighted by atomic mass is 9.94. The van der Waals surface area contributed by atoms with Gasteiger partial charge in [-0.3, -0.25) is 14.0 Å². The van der Waals surface area contributed by atoms with Gasteiger partial charge in [0.05, 0.1) is 22.3 Å². The molecule has 40 heavy (non-hydrogen) atoms. The Labute approximate surface area is 225 Å². The van der Waals surface area contributed by atoms with Crippen LogP contribution in [0.15, 0.2) is 61.4 Å². The van der Waals surface area contributed by atoms with Crippen molar-refractivity contribution in [3.63, 3.8) is 0 Å². The first-order valence-electron chi connectivity index (χ1n) is 12.3. The summed E-state index contributed by atoms with van der Waals surface area (Å²) >= 11 is 0. The number of nitrogens with zero attached hydrogens (tertiary/aromatic N) is 5. The summed E-state index contributed by atoms with van der Waals surface area (Å²) in [5.41, 5.74) is 6.30. The van der Waals surface area contributed by atoms with Gasteiger partial charge >= 0.3 is 6.18 Å². The van der Waals surface area contributed by atoms with Crippen molar-refractivity contribution in [1.29, 1.82) is 0 Å². The van der Waals surface area contributed by atoms with Crippen LogP contribution in [0.3, 0.4) is 0 Å². The van der Waals surface area contributed by atoms with Crippen LogP contribution in [0.2, 0.25) is 0 Å². The topological polar surface area (TPSA) is 119 Å². The number of likely N-dealkylation sites (tertiary alicyclic amines) is 1. The van der Waals surface area contributed by atoms with Gasteiger partial charge in [0, 0.05) is 37.0 Å². The summed E-state index contributed by atoms with van der Waals surface area (Å²) in [6.45, 7) is 4.55. The van der Waals surface area contributed by atoms with E-state index in [1.807, 2.05) is 0 Å². The predicted octanol–water partition coefficient (Wildman–Crippen LogP) is 4.68. The molecular weight excluding hydrogens is 530 g/mol.